The molecule has 1 aromatic heterocycles. The molecule has 0 spiro atoms. The normalized spacial score (nSPS) is 19.8. The lowest BCUT2D eigenvalue weighted by Gasteiger charge is -2.34. The maximum Gasteiger partial charge on any atom is 0.249 e. The van der Waals surface area contributed by atoms with E-state index < -0.39 is 6.10 Å². The molecule has 25 heavy (non-hydrogen) atoms. The molecule has 1 aliphatic carbocycles. The summed E-state index contributed by atoms with van der Waals surface area (Å²) in [5.41, 5.74) is 2.13. The van der Waals surface area contributed by atoms with Gasteiger partial charge in [0.25, 0.3) is 0 Å². The van der Waals surface area contributed by atoms with Gasteiger partial charge in [0.15, 0.2) is 0 Å². The van der Waals surface area contributed by atoms with Gasteiger partial charge in [-0.25, -0.2) is 9.97 Å². The Bertz CT molecular complexity index is 782. The van der Waals surface area contributed by atoms with E-state index in [-0.39, 0.29) is 17.9 Å². The minimum absolute atomic E-state index is 0.0184. The van der Waals surface area contributed by atoms with E-state index in [1.165, 1.54) is 0 Å². The highest BCUT2D eigenvalue weighted by Gasteiger charge is 2.33. The van der Waals surface area contributed by atoms with Crippen LogP contribution in [0.3, 0.4) is 0 Å². The molecule has 2 aliphatic rings. The average molecular weight is 340 g/mol. The van der Waals surface area contributed by atoms with Crippen molar-refractivity contribution >= 4 is 22.6 Å². The number of amides is 1. The Morgan fingerprint density at radius 3 is 2.72 bits per heavy atom. The van der Waals surface area contributed by atoms with E-state index in [1.54, 1.807) is 6.33 Å². The fraction of sp³-hybridized carbons (Fsp3) is 0.526. The molecule has 2 N–H and O–H groups in total. The van der Waals surface area contributed by atoms with Crippen LogP contribution in [-0.4, -0.2) is 46.2 Å². The Morgan fingerprint density at radius 1 is 1.24 bits per heavy atom. The third-order valence-corrected chi connectivity index (χ3v) is 5.32. The molecule has 6 heteroatoms. The van der Waals surface area contributed by atoms with Crippen molar-refractivity contribution in [2.75, 3.05) is 18.0 Å². The Labute approximate surface area is 147 Å². The van der Waals surface area contributed by atoms with Crippen LogP contribution in [0.1, 0.15) is 31.2 Å². The highest BCUT2D eigenvalue weighted by Crippen LogP contribution is 2.30. The number of rotatable bonds is 4. The van der Waals surface area contributed by atoms with Crippen molar-refractivity contribution in [2.24, 2.45) is 5.92 Å². The monoisotopic (exact) mass is 340 g/mol. The van der Waals surface area contributed by atoms with E-state index in [0.717, 1.165) is 61.1 Å². The molecular formula is C19H24N4O2. The van der Waals surface area contributed by atoms with Gasteiger partial charge in [0.05, 0.1) is 5.52 Å². The van der Waals surface area contributed by atoms with E-state index in [0.29, 0.717) is 0 Å². The number of carbonyl (C=O) groups is 1. The Balaban J connectivity index is 1.45. The van der Waals surface area contributed by atoms with Crippen LogP contribution in [0.25, 0.3) is 10.9 Å². The molecular weight excluding hydrogens is 316 g/mol. The lowest BCUT2D eigenvalue weighted by molar-refractivity contribution is -0.132. The molecule has 6 nitrogen and oxygen atoms in total. The van der Waals surface area contributed by atoms with Gasteiger partial charge >= 0.3 is 0 Å². The highest BCUT2D eigenvalue weighted by molar-refractivity contribution is 5.91. The quantitative estimate of drug-likeness (QED) is 0.887. The molecule has 1 atom stereocenters. The smallest absolute Gasteiger partial charge is 0.249 e. The van der Waals surface area contributed by atoms with Gasteiger partial charge < -0.3 is 15.3 Å². The number of piperidine rings is 1. The number of anilines is 1. The maximum absolute atomic E-state index is 12.1. The molecule has 1 aromatic carbocycles. The van der Waals surface area contributed by atoms with Gasteiger partial charge in [0, 0.05) is 24.5 Å². The van der Waals surface area contributed by atoms with Crippen LogP contribution in [0.5, 0.6) is 0 Å². The number of hydrogen-bond acceptors (Lipinski definition) is 5. The van der Waals surface area contributed by atoms with Crippen molar-refractivity contribution in [1.82, 2.24) is 15.3 Å². The molecule has 0 bridgehead atoms. The van der Waals surface area contributed by atoms with Gasteiger partial charge in [-0.1, -0.05) is 12.1 Å². The molecule has 2 fully saturated rings. The predicted molar refractivity (Wildman–Crippen MR) is 96.4 cm³/mol. The molecule has 1 amide bonds. The summed E-state index contributed by atoms with van der Waals surface area (Å²) in [5.74, 6) is 0.762. The molecule has 132 valence electrons. The van der Waals surface area contributed by atoms with E-state index in [9.17, 15) is 9.90 Å². The van der Waals surface area contributed by atoms with Crippen LogP contribution >= 0.6 is 0 Å². The fourth-order valence-electron chi connectivity index (χ4n) is 3.63. The van der Waals surface area contributed by atoms with Crippen LogP contribution in [-0.2, 0) is 4.79 Å². The summed E-state index contributed by atoms with van der Waals surface area (Å²) in [5, 5.41) is 14.3. The molecule has 4 rings (SSSR count). The Morgan fingerprint density at radius 2 is 2.00 bits per heavy atom. The topological polar surface area (TPSA) is 78.4 Å². The largest absolute Gasteiger partial charge is 0.383 e. The van der Waals surface area contributed by atoms with Crippen molar-refractivity contribution in [3.05, 3.63) is 30.1 Å². The van der Waals surface area contributed by atoms with Crippen LogP contribution in [0.2, 0.25) is 0 Å². The number of aromatic nitrogens is 2. The summed E-state index contributed by atoms with van der Waals surface area (Å²) in [6, 6.07) is 6.43. The zero-order valence-electron chi connectivity index (χ0n) is 14.5. The number of nitrogens with one attached hydrogen (secondary N) is 1. The summed E-state index contributed by atoms with van der Waals surface area (Å²) in [4.78, 5) is 23.2. The first-order chi connectivity index (χ1) is 12.1. The average Bonchev–Trinajstić information content (AvgIpc) is 3.45. The lowest BCUT2D eigenvalue weighted by Crippen LogP contribution is -2.45. The third-order valence-electron chi connectivity index (χ3n) is 5.32. The second kappa shape index (κ2) is 6.59. The number of fused-ring (bicyclic) bond motifs is 1. The SMILES string of the molecule is Cc1cccc2c(N3CCC(C(O)C(=O)NC4CC4)CC3)ncnc12. The van der Waals surface area contributed by atoms with Crippen LogP contribution in [0.4, 0.5) is 5.82 Å². The standard InChI is InChI=1S/C19H24N4O2/c1-12-3-2-4-15-16(12)20-11-21-18(15)23-9-7-13(8-10-23)17(24)19(25)22-14-5-6-14/h2-4,11,13-14,17,24H,5-10H2,1H3,(H,22,25). The van der Waals surface area contributed by atoms with Crippen molar-refractivity contribution in [1.29, 1.82) is 0 Å². The van der Waals surface area contributed by atoms with Crippen molar-refractivity contribution in [3.8, 4) is 0 Å². The third kappa shape index (κ3) is 3.31. The first kappa shape index (κ1) is 16.3. The van der Waals surface area contributed by atoms with Crippen molar-refractivity contribution in [2.45, 2.75) is 44.8 Å². The number of aryl methyl sites for hydroxylation is 1. The maximum atomic E-state index is 12.1. The Kier molecular flexibility index (Phi) is 4.29. The summed E-state index contributed by atoms with van der Waals surface area (Å²) < 4.78 is 0. The van der Waals surface area contributed by atoms with E-state index in [1.807, 2.05) is 6.07 Å². The molecule has 1 saturated carbocycles. The van der Waals surface area contributed by atoms with Gasteiger partial charge in [-0.05, 0) is 50.2 Å². The summed E-state index contributed by atoms with van der Waals surface area (Å²) in [6.45, 7) is 3.64. The first-order valence-electron chi connectivity index (χ1n) is 9.07. The first-order valence-corrected chi connectivity index (χ1v) is 9.07. The van der Waals surface area contributed by atoms with Gasteiger partial charge in [-0.3, -0.25) is 4.79 Å². The lowest BCUT2D eigenvalue weighted by atomic mass is 9.90. The van der Waals surface area contributed by atoms with Crippen molar-refractivity contribution < 1.29 is 9.90 Å². The molecule has 1 saturated heterocycles. The number of carbonyl (C=O) groups excluding carboxylic acids is 1. The minimum Gasteiger partial charge on any atom is -0.383 e. The second-order valence-electron chi connectivity index (χ2n) is 7.22. The summed E-state index contributed by atoms with van der Waals surface area (Å²) in [6.07, 6.45) is 4.38. The highest BCUT2D eigenvalue weighted by atomic mass is 16.3. The van der Waals surface area contributed by atoms with Gasteiger partial charge in [0.1, 0.15) is 18.2 Å². The number of para-hydroxylation sites is 1. The van der Waals surface area contributed by atoms with Gasteiger partial charge in [0.2, 0.25) is 5.91 Å². The van der Waals surface area contributed by atoms with Gasteiger partial charge in [-0.15, -0.1) is 0 Å². The Hall–Kier alpha value is -2.21. The van der Waals surface area contributed by atoms with Crippen LogP contribution < -0.4 is 10.2 Å². The van der Waals surface area contributed by atoms with Crippen LogP contribution in [0, 0.1) is 12.8 Å². The summed E-state index contributed by atoms with van der Waals surface area (Å²) >= 11 is 0. The number of hydrogen-bond donors (Lipinski definition) is 2. The molecule has 2 aromatic rings. The number of nitrogens with zero attached hydrogens (tertiary/aromatic N) is 3. The summed E-state index contributed by atoms with van der Waals surface area (Å²) in [7, 11) is 0. The van der Waals surface area contributed by atoms with Gasteiger partial charge in [-0.2, -0.15) is 0 Å². The number of aliphatic hydroxyl groups is 1. The zero-order valence-corrected chi connectivity index (χ0v) is 14.5. The molecule has 1 aliphatic heterocycles. The van der Waals surface area contributed by atoms with Crippen LogP contribution in [0.15, 0.2) is 24.5 Å². The second-order valence-corrected chi connectivity index (χ2v) is 7.22. The fourth-order valence-corrected chi connectivity index (χ4v) is 3.63. The minimum atomic E-state index is -0.896. The molecule has 0 radical (unpaired) electrons. The van der Waals surface area contributed by atoms with E-state index in [2.05, 4.69) is 39.2 Å². The molecule has 1 unspecified atom stereocenters. The van der Waals surface area contributed by atoms with Crippen molar-refractivity contribution in [3.63, 3.8) is 0 Å². The van der Waals surface area contributed by atoms with E-state index >= 15 is 0 Å². The zero-order chi connectivity index (χ0) is 17.4. The molecule has 2 heterocycles. The number of aliphatic hydroxyl groups excluding tert-OH is 1. The number of benzene rings is 1. The predicted octanol–water partition coefficient (Wildman–Crippen LogP) is 1.79. The van der Waals surface area contributed by atoms with E-state index in [4.69, 9.17) is 0 Å².